The highest BCUT2D eigenvalue weighted by atomic mass is 32.2. The largest absolute Gasteiger partial charge is 0.467 e. The summed E-state index contributed by atoms with van der Waals surface area (Å²) in [7, 11) is 1.29. The Labute approximate surface area is 331 Å². The van der Waals surface area contributed by atoms with Gasteiger partial charge in [-0.1, -0.05) is 152 Å². The number of carbonyl (C=O) groups is 4. The molecule has 0 heterocycles. The van der Waals surface area contributed by atoms with E-state index in [-0.39, 0.29) is 31.1 Å². The maximum absolute atomic E-state index is 14.0. The van der Waals surface area contributed by atoms with E-state index in [2.05, 4.69) is 52.3 Å². The molecular formula is C44H45N3O6S2. The van der Waals surface area contributed by atoms with Crippen molar-refractivity contribution in [2.45, 2.75) is 35.6 Å². The second-order valence-corrected chi connectivity index (χ2v) is 14.8. The topological polar surface area (TPSA) is 123 Å². The van der Waals surface area contributed by atoms with Crippen molar-refractivity contribution in [3.8, 4) is 0 Å². The van der Waals surface area contributed by atoms with Crippen molar-refractivity contribution in [1.29, 1.82) is 0 Å². The molecule has 0 aromatic heterocycles. The first-order valence-electron chi connectivity index (χ1n) is 17.9. The van der Waals surface area contributed by atoms with Crippen LogP contribution < -0.4 is 16.0 Å². The van der Waals surface area contributed by atoms with Gasteiger partial charge in [0.1, 0.15) is 18.7 Å². The quantitative estimate of drug-likeness (QED) is 0.0600. The van der Waals surface area contributed by atoms with Gasteiger partial charge in [-0.25, -0.2) is 9.59 Å². The summed E-state index contributed by atoms with van der Waals surface area (Å²) in [5, 5.41) is 8.31. The first-order chi connectivity index (χ1) is 26.9. The van der Waals surface area contributed by atoms with Crippen LogP contribution in [0.15, 0.2) is 152 Å². The summed E-state index contributed by atoms with van der Waals surface area (Å²) in [5.41, 5.74) is 4.93. The van der Waals surface area contributed by atoms with Crippen molar-refractivity contribution in [3.05, 3.63) is 179 Å². The summed E-state index contributed by atoms with van der Waals surface area (Å²) in [6, 6.07) is 47.2. The SMILES string of the molecule is COC(=O)[C@@H](CSC(c1ccccc1)(c1ccccc1)c1ccccc1)NC(=O)[C@H](CSCc1ccccc1)NC(=O)CCNC(=O)OCc1ccccc1. The number of hydrogen-bond donors (Lipinski definition) is 3. The van der Waals surface area contributed by atoms with Gasteiger partial charge in [-0.3, -0.25) is 9.59 Å². The monoisotopic (exact) mass is 775 g/mol. The molecule has 3 amide bonds. The van der Waals surface area contributed by atoms with Gasteiger partial charge in [-0.05, 0) is 27.8 Å². The normalized spacial score (nSPS) is 12.1. The van der Waals surface area contributed by atoms with Gasteiger partial charge in [0.15, 0.2) is 0 Å². The highest BCUT2D eigenvalue weighted by Gasteiger charge is 2.39. The Morgan fingerprint density at radius 2 is 1.11 bits per heavy atom. The standard InChI is InChI=1S/C44H45N3O6S2/c1-52-42(50)39(32-55-44(35-21-11-4-12-22-35,36-23-13-5-14-24-36)37-25-15-6-16-26-37)47-41(49)38(31-54-30-34-19-9-3-10-20-34)46-40(48)27-28-45-43(51)53-29-33-17-7-2-8-18-33/h2-26,38-39H,27-32H2,1H3,(H,45,51)(H,46,48)(H,47,49)/t38-,39+/m0/s1. The van der Waals surface area contributed by atoms with Crippen LogP contribution in [0.3, 0.4) is 0 Å². The van der Waals surface area contributed by atoms with E-state index in [4.69, 9.17) is 9.47 Å². The Kier molecular flexibility index (Phi) is 15.8. The van der Waals surface area contributed by atoms with E-state index in [1.54, 1.807) is 0 Å². The number of methoxy groups -OCH3 is 1. The summed E-state index contributed by atoms with van der Waals surface area (Å²) in [6.45, 7) is 0.107. The van der Waals surface area contributed by atoms with E-state index in [1.807, 2.05) is 115 Å². The molecule has 0 aliphatic rings. The fraction of sp³-hybridized carbons (Fsp3) is 0.227. The zero-order valence-corrected chi connectivity index (χ0v) is 32.2. The minimum Gasteiger partial charge on any atom is -0.467 e. The Balaban J connectivity index is 1.30. The van der Waals surface area contributed by atoms with Crippen molar-refractivity contribution < 1.29 is 28.7 Å². The molecule has 2 atom stereocenters. The molecule has 0 bridgehead atoms. The number of nitrogens with one attached hydrogen (secondary N) is 3. The molecule has 5 aromatic carbocycles. The van der Waals surface area contributed by atoms with E-state index in [9.17, 15) is 19.2 Å². The van der Waals surface area contributed by atoms with Gasteiger partial charge in [0.25, 0.3) is 0 Å². The number of rotatable bonds is 19. The first-order valence-corrected chi connectivity index (χ1v) is 20.1. The van der Waals surface area contributed by atoms with E-state index in [0.717, 1.165) is 27.8 Å². The third kappa shape index (κ3) is 12.0. The van der Waals surface area contributed by atoms with Gasteiger partial charge in [0, 0.05) is 30.2 Å². The lowest BCUT2D eigenvalue weighted by Crippen LogP contribution is -2.54. The molecule has 0 saturated heterocycles. The maximum atomic E-state index is 14.0. The summed E-state index contributed by atoms with van der Waals surface area (Å²) in [4.78, 5) is 52.8. The van der Waals surface area contributed by atoms with Crippen molar-refractivity contribution in [2.75, 3.05) is 25.2 Å². The van der Waals surface area contributed by atoms with E-state index < -0.39 is 40.7 Å². The van der Waals surface area contributed by atoms with Crippen LogP contribution in [-0.2, 0) is 41.0 Å². The van der Waals surface area contributed by atoms with E-state index in [0.29, 0.717) is 5.75 Å². The highest BCUT2D eigenvalue weighted by Crippen LogP contribution is 2.48. The van der Waals surface area contributed by atoms with Crippen LogP contribution in [-0.4, -0.2) is 61.1 Å². The zero-order chi connectivity index (χ0) is 38.7. The molecule has 3 N–H and O–H groups in total. The van der Waals surface area contributed by atoms with Crippen LogP contribution in [0.1, 0.15) is 34.2 Å². The Morgan fingerprint density at radius 1 is 0.618 bits per heavy atom. The second kappa shape index (κ2) is 21.4. The molecule has 0 aliphatic heterocycles. The average Bonchev–Trinajstić information content (AvgIpc) is 3.24. The van der Waals surface area contributed by atoms with Crippen LogP contribution in [0.5, 0.6) is 0 Å². The predicted molar refractivity (Wildman–Crippen MR) is 219 cm³/mol. The first kappa shape index (κ1) is 40.7. The Hall–Kier alpha value is -5.52. The maximum Gasteiger partial charge on any atom is 0.407 e. The molecule has 0 radical (unpaired) electrons. The van der Waals surface area contributed by atoms with Gasteiger partial charge in [0.2, 0.25) is 11.8 Å². The summed E-state index contributed by atoms with van der Waals surface area (Å²) in [5.74, 6) is -0.566. The van der Waals surface area contributed by atoms with Crippen molar-refractivity contribution in [2.24, 2.45) is 0 Å². The smallest absolute Gasteiger partial charge is 0.407 e. The number of hydrogen-bond acceptors (Lipinski definition) is 8. The average molecular weight is 776 g/mol. The Bertz CT molecular complexity index is 1840. The molecule has 9 nitrogen and oxygen atoms in total. The van der Waals surface area contributed by atoms with Crippen molar-refractivity contribution in [1.82, 2.24) is 16.0 Å². The third-order valence-electron chi connectivity index (χ3n) is 8.69. The van der Waals surface area contributed by atoms with Gasteiger partial charge in [-0.15, -0.1) is 11.8 Å². The number of benzene rings is 5. The number of thioether (sulfide) groups is 2. The molecule has 0 fully saturated rings. The predicted octanol–water partition coefficient (Wildman–Crippen LogP) is 7.10. The Morgan fingerprint density at radius 3 is 1.62 bits per heavy atom. The number of esters is 1. The molecule has 0 spiro atoms. The summed E-state index contributed by atoms with van der Waals surface area (Å²) < 4.78 is 9.70. The molecule has 0 aliphatic carbocycles. The van der Waals surface area contributed by atoms with Crippen molar-refractivity contribution >= 4 is 47.4 Å². The third-order valence-corrected chi connectivity index (χ3v) is 11.4. The van der Waals surface area contributed by atoms with Gasteiger partial charge in [-0.2, -0.15) is 11.8 Å². The number of ether oxygens (including phenoxy) is 2. The molecule has 284 valence electrons. The van der Waals surface area contributed by atoms with Crippen LogP contribution in [0.2, 0.25) is 0 Å². The number of carbonyl (C=O) groups excluding carboxylic acids is 4. The second-order valence-electron chi connectivity index (χ2n) is 12.5. The zero-order valence-electron chi connectivity index (χ0n) is 30.6. The minimum absolute atomic E-state index is 0.00686. The molecule has 55 heavy (non-hydrogen) atoms. The molecule has 0 saturated carbocycles. The molecule has 5 rings (SSSR count). The fourth-order valence-corrected chi connectivity index (χ4v) is 8.49. The van der Waals surface area contributed by atoms with Crippen LogP contribution >= 0.6 is 23.5 Å². The van der Waals surface area contributed by atoms with E-state index in [1.165, 1.54) is 30.6 Å². The van der Waals surface area contributed by atoms with E-state index >= 15 is 0 Å². The van der Waals surface area contributed by atoms with Gasteiger partial charge < -0.3 is 25.4 Å². The van der Waals surface area contributed by atoms with Crippen LogP contribution in [0.4, 0.5) is 4.79 Å². The van der Waals surface area contributed by atoms with Crippen LogP contribution in [0.25, 0.3) is 0 Å². The highest BCUT2D eigenvalue weighted by molar-refractivity contribution is 8.00. The summed E-state index contributed by atoms with van der Waals surface area (Å²) in [6.07, 6.45) is -0.738. The number of amides is 3. The van der Waals surface area contributed by atoms with Gasteiger partial charge >= 0.3 is 12.1 Å². The van der Waals surface area contributed by atoms with Crippen molar-refractivity contribution in [3.63, 3.8) is 0 Å². The fourth-order valence-electron chi connectivity index (χ4n) is 5.93. The molecular weight excluding hydrogens is 731 g/mol. The summed E-state index contributed by atoms with van der Waals surface area (Å²) >= 11 is 3.00. The molecule has 5 aromatic rings. The lowest BCUT2D eigenvalue weighted by molar-refractivity contribution is -0.144. The van der Waals surface area contributed by atoms with Gasteiger partial charge in [0.05, 0.1) is 11.9 Å². The molecule has 0 unspecified atom stereocenters. The van der Waals surface area contributed by atoms with Crippen LogP contribution in [0, 0.1) is 0 Å². The minimum atomic E-state index is -1.04. The lowest BCUT2D eigenvalue weighted by Gasteiger charge is -2.36. The lowest BCUT2D eigenvalue weighted by atomic mass is 9.84. The molecule has 11 heteroatoms. The number of alkyl carbamates (subject to hydrolysis) is 1.